The van der Waals surface area contributed by atoms with Crippen molar-refractivity contribution in [1.29, 1.82) is 0 Å². The molecule has 72 valence electrons. The molecule has 6 heteroatoms. The largest absolute Gasteiger partial charge is 0.504 e. The summed E-state index contributed by atoms with van der Waals surface area (Å²) in [6.45, 7) is 0. The molecule has 2 aromatic rings. The number of hydrogen-bond donors (Lipinski definition) is 2. The molecule has 2 N–H and O–H groups in total. The van der Waals surface area contributed by atoms with Crippen LogP contribution in [0.25, 0.3) is 10.6 Å². The minimum Gasteiger partial charge on any atom is -0.504 e. The maximum absolute atomic E-state index is 9.26. The van der Waals surface area contributed by atoms with E-state index in [0.29, 0.717) is 8.92 Å². The number of phenolic OH excluding ortho intramolecular Hbond substituents is 2. The molecule has 1 heterocycles. The molecule has 14 heavy (non-hydrogen) atoms. The fourth-order valence-electron chi connectivity index (χ4n) is 0.978. The van der Waals surface area contributed by atoms with Crippen LogP contribution in [0.3, 0.4) is 0 Å². The number of rotatable bonds is 1. The standard InChI is InChI=1S/C8H5BrN2O2S/c9-8-11-10-7(14-8)4-1-2-5(12)6(13)3-4/h1-3,12-13H. The van der Waals surface area contributed by atoms with Crippen molar-refractivity contribution in [2.45, 2.75) is 0 Å². The summed E-state index contributed by atoms with van der Waals surface area (Å²) in [6, 6.07) is 4.53. The zero-order chi connectivity index (χ0) is 10.1. The van der Waals surface area contributed by atoms with E-state index in [-0.39, 0.29) is 11.5 Å². The highest BCUT2D eigenvalue weighted by atomic mass is 79.9. The molecule has 1 aromatic heterocycles. The van der Waals surface area contributed by atoms with Crippen LogP contribution >= 0.6 is 27.3 Å². The Hall–Kier alpha value is -1.14. The Labute approximate surface area is 92.0 Å². The minimum absolute atomic E-state index is 0.141. The molecule has 0 saturated heterocycles. The Morgan fingerprint density at radius 3 is 2.50 bits per heavy atom. The number of halogens is 1. The van der Waals surface area contributed by atoms with Gasteiger partial charge in [0, 0.05) is 5.56 Å². The van der Waals surface area contributed by atoms with E-state index in [4.69, 9.17) is 5.11 Å². The lowest BCUT2D eigenvalue weighted by Gasteiger charge is -1.98. The monoisotopic (exact) mass is 272 g/mol. The lowest BCUT2D eigenvalue weighted by Crippen LogP contribution is -1.76. The van der Waals surface area contributed by atoms with E-state index in [1.165, 1.54) is 23.5 Å². The Balaban J connectivity index is 2.47. The highest BCUT2D eigenvalue weighted by Gasteiger charge is 2.07. The van der Waals surface area contributed by atoms with Gasteiger partial charge in [-0.2, -0.15) is 0 Å². The van der Waals surface area contributed by atoms with Crippen molar-refractivity contribution in [3.63, 3.8) is 0 Å². The molecule has 0 fully saturated rings. The molecule has 0 saturated carbocycles. The summed E-state index contributed by atoms with van der Waals surface area (Å²) < 4.78 is 0.681. The number of nitrogens with zero attached hydrogens (tertiary/aromatic N) is 2. The number of benzene rings is 1. The van der Waals surface area contributed by atoms with Gasteiger partial charge in [-0.05, 0) is 34.1 Å². The van der Waals surface area contributed by atoms with Gasteiger partial charge in [0.15, 0.2) is 15.4 Å². The number of aromatic nitrogens is 2. The van der Waals surface area contributed by atoms with Gasteiger partial charge < -0.3 is 10.2 Å². The summed E-state index contributed by atoms with van der Waals surface area (Å²) in [7, 11) is 0. The van der Waals surface area contributed by atoms with Crippen LogP contribution in [0.4, 0.5) is 0 Å². The predicted molar refractivity (Wildman–Crippen MR) is 56.4 cm³/mol. The third-order valence-corrected chi connectivity index (χ3v) is 3.03. The van der Waals surface area contributed by atoms with Crippen LogP contribution in [-0.4, -0.2) is 20.4 Å². The lowest BCUT2D eigenvalue weighted by atomic mass is 10.2. The van der Waals surface area contributed by atoms with Gasteiger partial charge in [-0.3, -0.25) is 0 Å². The van der Waals surface area contributed by atoms with Crippen LogP contribution in [0, 0.1) is 0 Å². The second-order valence-corrected chi connectivity index (χ2v) is 4.82. The summed E-state index contributed by atoms with van der Waals surface area (Å²) >= 11 is 4.55. The Kier molecular flexibility index (Phi) is 2.39. The van der Waals surface area contributed by atoms with Gasteiger partial charge >= 0.3 is 0 Å². The van der Waals surface area contributed by atoms with Crippen LogP contribution in [0.1, 0.15) is 0 Å². The van der Waals surface area contributed by atoms with Crippen LogP contribution in [0.15, 0.2) is 22.1 Å². The van der Waals surface area contributed by atoms with E-state index in [0.717, 1.165) is 5.56 Å². The van der Waals surface area contributed by atoms with Gasteiger partial charge in [-0.1, -0.05) is 11.3 Å². The van der Waals surface area contributed by atoms with Crippen molar-refractivity contribution in [2.75, 3.05) is 0 Å². The van der Waals surface area contributed by atoms with E-state index in [1.807, 2.05) is 0 Å². The number of aromatic hydroxyl groups is 2. The number of phenols is 2. The Morgan fingerprint density at radius 1 is 1.14 bits per heavy atom. The second-order valence-electron chi connectivity index (χ2n) is 2.56. The van der Waals surface area contributed by atoms with Crippen molar-refractivity contribution in [2.24, 2.45) is 0 Å². The molecule has 0 aliphatic carbocycles. The molecule has 0 bridgehead atoms. The van der Waals surface area contributed by atoms with Crippen molar-refractivity contribution in [3.8, 4) is 22.1 Å². The maximum Gasteiger partial charge on any atom is 0.183 e. The van der Waals surface area contributed by atoms with Crippen LogP contribution in [0.5, 0.6) is 11.5 Å². The zero-order valence-electron chi connectivity index (χ0n) is 6.81. The second kappa shape index (κ2) is 3.55. The van der Waals surface area contributed by atoms with E-state index in [9.17, 15) is 5.11 Å². The van der Waals surface area contributed by atoms with Crippen LogP contribution in [0.2, 0.25) is 0 Å². The summed E-state index contributed by atoms with van der Waals surface area (Å²) in [6.07, 6.45) is 0. The van der Waals surface area contributed by atoms with Gasteiger partial charge in [-0.15, -0.1) is 10.2 Å². The van der Waals surface area contributed by atoms with Crippen molar-refractivity contribution in [1.82, 2.24) is 10.2 Å². The quantitative estimate of drug-likeness (QED) is 0.783. The maximum atomic E-state index is 9.26. The van der Waals surface area contributed by atoms with Gasteiger partial charge in [0.1, 0.15) is 5.01 Å². The van der Waals surface area contributed by atoms with E-state index < -0.39 is 0 Å². The van der Waals surface area contributed by atoms with Crippen LogP contribution < -0.4 is 0 Å². The molecule has 0 amide bonds. The van der Waals surface area contributed by atoms with Gasteiger partial charge in [0.05, 0.1) is 0 Å². The van der Waals surface area contributed by atoms with E-state index in [1.54, 1.807) is 6.07 Å². The van der Waals surface area contributed by atoms with Crippen molar-refractivity contribution in [3.05, 3.63) is 22.1 Å². The minimum atomic E-state index is -0.158. The molecule has 0 radical (unpaired) electrons. The molecule has 0 spiro atoms. The summed E-state index contributed by atoms with van der Waals surface area (Å²) in [4.78, 5) is 0. The molecular formula is C8H5BrN2O2S. The molecule has 2 rings (SSSR count). The average molecular weight is 273 g/mol. The third-order valence-electron chi connectivity index (χ3n) is 1.62. The molecular weight excluding hydrogens is 268 g/mol. The first-order chi connectivity index (χ1) is 6.66. The first-order valence-corrected chi connectivity index (χ1v) is 5.29. The Morgan fingerprint density at radius 2 is 1.93 bits per heavy atom. The zero-order valence-corrected chi connectivity index (χ0v) is 9.21. The third kappa shape index (κ3) is 1.71. The van der Waals surface area contributed by atoms with Crippen molar-refractivity contribution >= 4 is 27.3 Å². The highest BCUT2D eigenvalue weighted by molar-refractivity contribution is 9.11. The van der Waals surface area contributed by atoms with E-state index >= 15 is 0 Å². The molecule has 0 aliphatic heterocycles. The smallest absolute Gasteiger partial charge is 0.183 e. The molecule has 0 unspecified atom stereocenters. The molecule has 4 nitrogen and oxygen atoms in total. The van der Waals surface area contributed by atoms with Crippen molar-refractivity contribution < 1.29 is 10.2 Å². The average Bonchev–Trinajstić information content (AvgIpc) is 2.57. The molecule has 0 aliphatic rings. The van der Waals surface area contributed by atoms with Gasteiger partial charge in [0.25, 0.3) is 0 Å². The highest BCUT2D eigenvalue weighted by Crippen LogP contribution is 2.32. The summed E-state index contributed by atoms with van der Waals surface area (Å²) in [5, 5.41) is 26.7. The molecule has 1 aromatic carbocycles. The SMILES string of the molecule is Oc1ccc(-c2nnc(Br)s2)cc1O. The summed E-state index contributed by atoms with van der Waals surface area (Å²) in [5.74, 6) is -0.300. The van der Waals surface area contributed by atoms with E-state index in [2.05, 4.69) is 26.1 Å². The van der Waals surface area contributed by atoms with Gasteiger partial charge in [0.2, 0.25) is 0 Å². The fraction of sp³-hybridized carbons (Fsp3) is 0. The lowest BCUT2D eigenvalue weighted by molar-refractivity contribution is 0.404. The predicted octanol–water partition coefficient (Wildman–Crippen LogP) is 2.38. The number of hydrogen-bond acceptors (Lipinski definition) is 5. The Bertz CT molecular complexity index is 472. The summed E-state index contributed by atoms with van der Waals surface area (Å²) in [5.41, 5.74) is 0.725. The first-order valence-electron chi connectivity index (χ1n) is 3.68. The topological polar surface area (TPSA) is 66.2 Å². The normalized spacial score (nSPS) is 10.4. The fourth-order valence-corrected chi connectivity index (χ4v) is 2.09. The van der Waals surface area contributed by atoms with Crippen LogP contribution in [-0.2, 0) is 0 Å². The first kappa shape index (κ1) is 9.42. The molecule has 0 atom stereocenters. The van der Waals surface area contributed by atoms with Gasteiger partial charge in [-0.25, -0.2) is 0 Å².